The van der Waals surface area contributed by atoms with Gasteiger partial charge in [-0.05, 0) is 26.8 Å². The maximum atomic E-state index is 5.42. The van der Waals surface area contributed by atoms with Crippen LogP contribution in [-0.4, -0.2) is 75.0 Å². The second-order valence-corrected chi connectivity index (χ2v) is 5.28. The minimum Gasteiger partial charge on any atom is -0.381 e. The van der Waals surface area contributed by atoms with Crippen molar-refractivity contribution in [2.24, 2.45) is 0 Å². The Bertz CT molecular complexity index is 191. The van der Waals surface area contributed by atoms with Crippen LogP contribution in [0.15, 0.2) is 0 Å². The molecule has 2 aliphatic rings. The minimum atomic E-state index is 0.631. The molecule has 0 radical (unpaired) electrons. The van der Waals surface area contributed by atoms with Crippen LogP contribution in [0.2, 0.25) is 0 Å². The van der Waals surface area contributed by atoms with Crippen molar-refractivity contribution in [3.8, 4) is 0 Å². The van der Waals surface area contributed by atoms with E-state index in [9.17, 15) is 0 Å². The minimum absolute atomic E-state index is 0.631. The van der Waals surface area contributed by atoms with E-state index in [0.717, 1.165) is 46.1 Å². The highest BCUT2D eigenvalue weighted by Crippen LogP contribution is 2.14. The van der Waals surface area contributed by atoms with Crippen molar-refractivity contribution in [3.63, 3.8) is 0 Å². The average Bonchev–Trinajstić information content (AvgIpc) is 2.40. The van der Waals surface area contributed by atoms with Crippen LogP contribution in [-0.2, 0) is 9.47 Å². The third-order valence-electron chi connectivity index (χ3n) is 4.04. The topological polar surface area (TPSA) is 24.9 Å². The summed E-state index contributed by atoms with van der Waals surface area (Å²) in [5.41, 5.74) is 0. The number of ether oxygens (including phenoxy) is 2. The van der Waals surface area contributed by atoms with Crippen molar-refractivity contribution in [2.75, 3.05) is 53.1 Å². The van der Waals surface area contributed by atoms with E-state index < -0.39 is 0 Å². The zero-order valence-electron chi connectivity index (χ0n) is 11.2. The zero-order valence-corrected chi connectivity index (χ0v) is 11.2. The molecule has 0 bridgehead atoms. The molecule has 2 aliphatic heterocycles. The summed E-state index contributed by atoms with van der Waals surface area (Å²) in [6, 6.07) is 1.35. The predicted molar refractivity (Wildman–Crippen MR) is 68.3 cm³/mol. The largest absolute Gasteiger partial charge is 0.381 e. The molecule has 0 aromatic carbocycles. The highest BCUT2D eigenvalue weighted by molar-refractivity contribution is 4.78. The van der Waals surface area contributed by atoms with Gasteiger partial charge in [-0.15, -0.1) is 0 Å². The number of hydrogen-bond donors (Lipinski definition) is 0. The fraction of sp³-hybridized carbons (Fsp3) is 1.00. The Morgan fingerprint density at radius 1 is 1.12 bits per heavy atom. The SMILES string of the molecule is CC(CN(C)C1CCOCC1)N1CCOCC1. The summed E-state index contributed by atoms with van der Waals surface area (Å²) in [4.78, 5) is 5.06. The lowest BCUT2D eigenvalue weighted by atomic mass is 10.1. The van der Waals surface area contributed by atoms with Gasteiger partial charge in [-0.2, -0.15) is 0 Å². The van der Waals surface area contributed by atoms with Gasteiger partial charge in [-0.25, -0.2) is 0 Å². The lowest BCUT2D eigenvalue weighted by Crippen LogP contribution is -2.49. The molecule has 1 atom stereocenters. The molecule has 4 nitrogen and oxygen atoms in total. The molecule has 0 N–H and O–H groups in total. The summed E-state index contributed by atoms with van der Waals surface area (Å²) < 4.78 is 10.8. The molecule has 2 saturated heterocycles. The van der Waals surface area contributed by atoms with Gasteiger partial charge >= 0.3 is 0 Å². The molecule has 0 saturated carbocycles. The molecular formula is C13H26N2O2. The molecule has 4 heteroatoms. The van der Waals surface area contributed by atoms with E-state index in [4.69, 9.17) is 9.47 Å². The Morgan fingerprint density at radius 2 is 1.71 bits per heavy atom. The molecular weight excluding hydrogens is 216 g/mol. The molecule has 17 heavy (non-hydrogen) atoms. The smallest absolute Gasteiger partial charge is 0.0594 e. The normalized spacial score (nSPS) is 26.3. The van der Waals surface area contributed by atoms with Crippen LogP contribution in [0.5, 0.6) is 0 Å². The Balaban J connectivity index is 1.74. The Morgan fingerprint density at radius 3 is 2.35 bits per heavy atom. The van der Waals surface area contributed by atoms with Gasteiger partial charge in [0, 0.05) is 44.9 Å². The van der Waals surface area contributed by atoms with E-state index >= 15 is 0 Å². The highest BCUT2D eigenvalue weighted by Gasteiger charge is 2.23. The van der Waals surface area contributed by atoms with Gasteiger partial charge in [0.25, 0.3) is 0 Å². The van der Waals surface area contributed by atoms with Crippen molar-refractivity contribution < 1.29 is 9.47 Å². The molecule has 2 fully saturated rings. The Kier molecular flexibility index (Phi) is 5.22. The maximum absolute atomic E-state index is 5.42. The second kappa shape index (κ2) is 6.69. The van der Waals surface area contributed by atoms with Gasteiger partial charge < -0.3 is 14.4 Å². The van der Waals surface area contributed by atoms with Crippen molar-refractivity contribution in [1.29, 1.82) is 0 Å². The molecule has 0 aromatic heterocycles. The van der Waals surface area contributed by atoms with Gasteiger partial charge in [0.05, 0.1) is 13.2 Å². The quantitative estimate of drug-likeness (QED) is 0.728. The molecule has 2 heterocycles. The van der Waals surface area contributed by atoms with Gasteiger partial charge in [0.15, 0.2) is 0 Å². The van der Waals surface area contributed by atoms with E-state index in [1.54, 1.807) is 0 Å². The highest BCUT2D eigenvalue weighted by atomic mass is 16.5. The molecule has 1 unspecified atom stereocenters. The average molecular weight is 242 g/mol. The van der Waals surface area contributed by atoms with E-state index in [1.165, 1.54) is 12.8 Å². The number of nitrogens with zero attached hydrogens (tertiary/aromatic N) is 2. The first kappa shape index (κ1) is 13.3. The van der Waals surface area contributed by atoms with Crippen molar-refractivity contribution in [2.45, 2.75) is 31.8 Å². The summed E-state index contributed by atoms with van der Waals surface area (Å²) in [5, 5.41) is 0. The number of morpholine rings is 1. The Labute approximate surface area is 105 Å². The van der Waals surface area contributed by atoms with Crippen LogP contribution in [0.3, 0.4) is 0 Å². The lowest BCUT2D eigenvalue weighted by Gasteiger charge is -2.38. The molecule has 0 amide bonds. The first-order valence-electron chi connectivity index (χ1n) is 6.87. The van der Waals surface area contributed by atoms with Gasteiger partial charge in [0.2, 0.25) is 0 Å². The summed E-state index contributed by atoms with van der Waals surface area (Å²) in [7, 11) is 2.26. The number of likely N-dealkylation sites (N-methyl/N-ethyl adjacent to an activating group) is 1. The predicted octanol–water partition coefficient (Wildman–Crippen LogP) is 0.818. The van der Waals surface area contributed by atoms with Gasteiger partial charge in [0.1, 0.15) is 0 Å². The van der Waals surface area contributed by atoms with Crippen LogP contribution in [0.1, 0.15) is 19.8 Å². The van der Waals surface area contributed by atoms with Crippen LogP contribution in [0, 0.1) is 0 Å². The van der Waals surface area contributed by atoms with Crippen LogP contribution in [0.25, 0.3) is 0 Å². The molecule has 0 aromatic rings. The molecule has 0 spiro atoms. The first-order chi connectivity index (χ1) is 8.27. The van der Waals surface area contributed by atoms with E-state index in [1.807, 2.05) is 0 Å². The zero-order chi connectivity index (χ0) is 12.1. The fourth-order valence-electron chi connectivity index (χ4n) is 2.83. The second-order valence-electron chi connectivity index (χ2n) is 5.28. The summed E-state index contributed by atoms with van der Waals surface area (Å²) in [6.45, 7) is 9.32. The third kappa shape index (κ3) is 3.91. The summed E-state index contributed by atoms with van der Waals surface area (Å²) >= 11 is 0. The van der Waals surface area contributed by atoms with E-state index in [-0.39, 0.29) is 0 Å². The first-order valence-corrected chi connectivity index (χ1v) is 6.87. The number of hydrogen-bond acceptors (Lipinski definition) is 4. The van der Waals surface area contributed by atoms with E-state index in [0.29, 0.717) is 12.1 Å². The Hall–Kier alpha value is -0.160. The number of rotatable bonds is 4. The molecule has 100 valence electrons. The van der Waals surface area contributed by atoms with Crippen LogP contribution in [0.4, 0.5) is 0 Å². The summed E-state index contributed by atoms with van der Waals surface area (Å²) in [5.74, 6) is 0. The summed E-state index contributed by atoms with van der Waals surface area (Å²) in [6.07, 6.45) is 2.37. The van der Waals surface area contributed by atoms with Crippen LogP contribution >= 0.6 is 0 Å². The standard InChI is InChI=1S/C13H26N2O2/c1-12(15-5-9-17-10-6-15)11-14(2)13-3-7-16-8-4-13/h12-13H,3-11H2,1-2H3. The fourth-order valence-corrected chi connectivity index (χ4v) is 2.83. The molecule has 0 aliphatic carbocycles. The van der Waals surface area contributed by atoms with Crippen LogP contribution < -0.4 is 0 Å². The van der Waals surface area contributed by atoms with Crippen molar-refractivity contribution in [3.05, 3.63) is 0 Å². The van der Waals surface area contributed by atoms with Gasteiger partial charge in [-0.3, -0.25) is 4.90 Å². The van der Waals surface area contributed by atoms with Crippen molar-refractivity contribution in [1.82, 2.24) is 9.80 Å². The lowest BCUT2D eigenvalue weighted by molar-refractivity contribution is 0.00106. The van der Waals surface area contributed by atoms with E-state index in [2.05, 4.69) is 23.8 Å². The van der Waals surface area contributed by atoms with Gasteiger partial charge in [-0.1, -0.05) is 0 Å². The maximum Gasteiger partial charge on any atom is 0.0594 e. The molecule has 2 rings (SSSR count). The van der Waals surface area contributed by atoms with Crippen molar-refractivity contribution >= 4 is 0 Å². The monoisotopic (exact) mass is 242 g/mol. The third-order valence-corrected chi connectivity index (χ3v) is 4.04.